The van der Waals surface area contributed by atoms with Crippen LogP contribution in [0, 0.1) is 6.92 Å². The van der Waals surface area contributed by atoms with Crippen molar-refractivity contribution in [2.24, 2.45) is 0 Å². The van der Waals surface area contributed by atoms with Crippen LogP contribution >= 0.6 is 11.6 Å². The van der Waals surface area contributed by atoms with Crippen LogP contribution in [0.5, 0.6) is 0 Å². The second-order valence-electron chi connectivity index (χ2n) is 5.25. The molecule has 0 radical (unpaired) electrons. The molecule has 1 saturated heterocycles. The molecule has 0 spiro atoms. The van der Waals surface area contributed by atoms with Crippen molar-refractivity contribution in [3.05, 3.63) is 34.9 Å². The summed E-state index contributed by atoms with van der Waals surface area (Å²) in [6, 6.07) is 4.15. The number of hydrogen-bond acceptors (Lipinski definition) is 2. The maximum Gasteiger partial charge on any atom is 0.155 e. The Morgan fingerprint density at radius 3 is 2.78 bits per heavy atom. The van der Waals surface area contributed by atoms with E-state index in [1.165, 1.54) is 18.4 Å². The number of hydrogen-bond donors (Lipinski definition) is 0. The minimum atomic E-state index is 0.531. The molecule has 0 amide bonds. The fourth-order valence-electron chi connectivity index (χ4n) is 2.83. The van der Waals surface area contributed by atoms with Crippen LogP contribution in [0.4, 0.5) is 0 Å². The lowest BCUT2D eigenvalue weighted by Gasteiger charge is -2.28. The molecule has 1 aliphatic heterocycles. The first-order chi connectivity index (χ1) is 8.66. The number of piperidine rings is 1. The molecule has 0 bridgehead atoms. The van der Waals surface area contributed by atoms with Gasteiger partial charge in [0.25, 0.3) is 0 Å². The molecule has 0 aliphatic carbocycles. The monoisotopic (exact) mass is 263 g/mol. The highest BCUT2D eigenvalue weighted by Gasteiger charge is 2.23. The Kier molecular flexibility index (Phi) is 3.04. The zero-order valence-corrected chi connectivity index (χ0v) is 11.6. The summed E-state index contributed by atoms with van der Waals surface area (Å²) in [7, 11) is 2.18. The first-order valence-corrected chi connectivity index (χ1v) is 6.86. The Morgan fingerprint density at radius 1 is 1.33 bits per heavy atom. The smallest absolute Gasteiger partial charge is 0.155 e. The summed E-state index contributed by atoms with van der Waals surface area (Å²) in [4.78, 5) is 6.98. The molecule has 0 unspecified atom stereocenters. The second-order valence-corrected chi connectivity index (χ2v) is 5.61. The highest BCUT2D eigenvalue weighted by Crippen LogP contribution is 2.31. The number of nitrogens with zero attached hydrogens (tertiary/aromatic N) is 3. The zero-order valence-electron chi connectivity index (χ0n) is 10.9. The van der Waals surface area contributed by atoms with Crippen molar-refractivity contribution in [1.29, 1.82) is 0 Å². The molecule has 0 atom stereocenters. The summed E-state index contributed by atoms with van der Waals surface area (Å²) in [6.45, 7) is 4.37. The largest absolute Gasteiger partial charge is 0.306 e. The van der Waals surface area contributed by atoms with E-state index < -0.39 is 0 Å². The maximum absolute atomic E-state index is 6.29. The molecule has 18 heavy (non-hydrogen) atoms. The van der Waals surface area contributed by atoms with Gasteiger partial charge in [-0.1, -0.05) is 17.7 Å². The molecular formula is C14H18ClN3. The minimum absolute atomic E-state index is 0.531. The Labute approximate surface area is 112 Å². The van der Waals surface area contributed by atoms with E-state index in [9.17, 15) is 0 Å². The number of rotatable bonds is 1. The van der Waals surface area contributed by atoms with E-state index >= 15 is 0 Å². The number of imidazole rings is 1. The van der Waals surface area contributed by atoms with Gasteiger partial charge in [-0.15, -0.1) is 0 Å². The molecule has 2 aromatic rings. The van der Waals surface area contributed by atoms with Crippen molar-refractivity contribution < 1.29 is 0 Å². The summed E-state index contributed by atoms with van der Waals surface area (Å²) >= 11 is 6.29. The van der Waals surface area contributed by atoms with Gasteiger partial charge < -0.3 is 9.30 Å². The zero-order chi connectivity index (χ0) is 12.7. The molecule has 1 fully saturated rings. The fraction of sp³-hybridized carbons (Fsp3) is 0.500. The van der Waals surface area contributed by atoms with Crippen LogP contribution in [0.3, 0.4) is 0 Å². The summed E-state index contributed by atoms with van der Waals surface area (Å²) in [6.07, 6.45) is 4.41. The van der Waals surface area contributed by atoms with Gasteiger partial charge in [-0.05, 0) is 51.5 Å². The Morgan fingerprint density at radius 2 is 2.06 bits per heavy atom. The topological polar surface area (TPSA) is 20.5 Å². The Bertz CT molecular complexity index is 568. The molecule has 4 heteroatoms. The number of fused-ring (bicyclic) bond motifs is 1. The second kappa shape index (κ2) is 4.56. The normalized spacial score (nSPS) is 18.6. The summed E-state index contributed by atoms with van der Waals surface area (Å²) in [5.74, 6) is 1.66. The van der Waals surface area contributed by atoms with E-state index in [-0.39, 0.29) is 0 Å². The average Bonchev–Trinajstić information content (AvgIpc) is 2.69. The number of pyridine rings is 1. The van der Waals surface area contributed by atoms with E-state index in [2.05, 4.69) is 46.6 Å². The van der Waals surface area contributed by atoms with Gasteiger partial charge in [0.15, 0.2) is 5.15 Å². The van der Waals surface area contributed by atoms with Crippen LogP contribution in [-0.2, 0) is 0 Å². The first kappa shape index (κ1) is 12.0. The summed E-state index contributed by atoms with van der Waals surface area (Å²) < 4.78 is 2.17. The standard InChI is InChI=1S/C14H18ClN3/c1-10-4-3-7-18-12(10)13(15)16-14(18)11-5-8-17(2)9-6-11/h3-4,7,11H,5-6,8-9H2,1-2H3. The number of likely N-dealkylation sites (tertiary alicyclic amines) is 1. The lowest BCUT2D eigenvalue weighted by Crippen LogP contribution is -2.29. The van der Waals surface area contributed by atoms with Gasteiger partial charge in [0.1, 0.15) is 5.82 Å². The fourth-order valence-corrected chi connectivity index (χ4v) is 3.16. The Balaban J connectivity index is 2.05. The molecule has 1 aliphatic rings. The van der Waals surface area contributed by atoms with Crippen LogP contribution < -0.4 is 0 Å². The highest BCUT2D eigenvalue weighted by atomic mass is 35.5. The van der Waals surface area contributed by atoms with Crippen molar-refractivity contribution in [1.82, 2.24) is 14.3 Å². The van der Waals surface area contributed by atoms with Gasteiger partial charge in [0.2, 0.25) is 0 Å². The molecule has 3 rings (SSSR count). The van der Waals surface area contributed by atoms with Crippen molar-refractivity contribution in [3.8, 4) is 0 Å². The molecule has 3 nitrogen and oxygen atoms in total. The third kappa shape index (κ3) is 1.91. The van der Waals surface area contributed by atoms with Gasteiger partial charge in [0.05, 0.1) is 5.52 Å². The number of halogens is 1. The van der Waals surface area contributed by atoms with E-state index in [1.807, 2.05) is 0 Å². The van der Waals surface area contributed by atoms with Crippen molar-refractivity contribution in [3.63, 3.8) is 0 Å². The quantitative estimate of drug-likeness (QED) is 0.788. The lowest BCUT2D eigenvalue weighted by atomic mass is 9.96. The van der Waals surface area contributed by atoms with Crippen molar-refractivity contribution in [2.45, 2.75) is 25.7 Å². The lowest BCUT2D eigenvalue weighted by molar-refractivity contribution is 0.251. The van der Waals surface area contributed by atoms with E-state index in [4.69, 9.17) is 11.6 Å². The molecule has 0 N–H and O–H groups in total. The first-order valence-electron chi connectivity index (χ1n) is 6.48. The summed E-state index contributed by atoms with van der Waals surface area (Å²) in [5, 5.41) is 0.641. The van der Waals surface area contributed by atoms with Crippen LogP contribution in [0.25, 0.3) is 5.52 Å². The molecule has 3 heterocycles. The van der Waals surface area contributed by atoms with Crippen LogP contribution in [-0.4, -0.2) is 34.4 Å². The number of aryl methyl sites for hydroxylation is 1. The van der Waals surface area contributed by atoms with E-state index in [1.54, 1.807) is 0 Å². The predicted octanol–water partition coefficient (Wildman–Crippen LogP) is 3.11. The molecular weight excluding hydrogens is 246 g/mol. The minimum Gasteiger partial charge on any atom is -0.306 e. The van der Waals surface area contributed by atoms with Gasteiger partial charge in [-0.2, -0.15) is 0 Å². The highest BCUT2D eigenvalue weighted by molar-refractivity contribution is 6.32. The van der Waals surface area contributed by atoms with Crippen LogP contribution in [0.2, 0.25) is 5.15 Å². The van der Waals surface area contributed by atoms with Crippen LogP contribution in [0.1, 0.15) is 30.1 Å². The van der Waals surface area contributed by atoms with Gasteiger partial charge >= 0.3 is 0 Å². The van der Waals surface area contributed by atoms with E-state index in [0.717, 1.165) is 24.4 Å². The van der Waals surface area contributed by atoms with Gasteiger partial charge in [-0.3, -0.25) is 0 Å². The Hall–Kier alpha value is -1.06. The van der Waals surface area contributed by atoms with E-state index in [0.29, 0.717) is 11.1 Å². The predicted molar refractivity (Wildman–Crippen MR) is 74.4 cm³/mol. The maximum atomic E-state index is 6.29. The molecule has 2 aromatic heterocycles. The third-order valence-corrected chi connectivity index (χ3v) is 4.20. The van der Waals surface area contributed by atoms with Gasteiger partial charge in [0, 0.05) is 12.1 Å². The number of aromatic nitrogens is 2. The summed E-state index contributed by atoms with van der Waals surface area (Å²) in [5.41, 5.74) is 2.25. The molecule has 96 valence electrons. The SMILES string of the molecule is Cc1cccn2c(C3CCN(C)CC3)nc(Cl)c12. The van der Waals surface area contributed by atoms with Crippen molar-refractivity contribution in [2.75, 3.05) is 20.1 Å². The third-order valence-electron chi connectivity index (χ3n) is 3.93. The molecule has 0 saturated carbocycles. The van der Waals surface area contributed by atoms with Crippen LogP contribution in [0.15, 0.2) is 18.3 Å². The average molecular weight is 264 g/mol. The van der Waals surface area contributed by atoms with Crippen molar-refractivity contribution >= 4 is 17.1 Å². The molecule has 0 aromatic carbocycles. The van der Waals surface area contributed by atoms with Gasteiger partial charge in [-0.25, -0.2) is 4.98 Å².